The molecule has 0 aromatic heterocycles. The van der Waals surface area contributed by atoms with E-state index < -0.39 is 9.84 Å². The molecule has 0 radical (unpaired) electrons. The van der Waals surface area contributed by atoms with Gasteiger partial charge in [-0.25, -0.2) is 8.42 Å². The van der Waals surface area contributed by atoms with Crippen molar-refractivity contribution in [3.05, 3.63) is 45.2 Å². The zero-order chi connectivity index (χ0) is 12.9. The Morgan fingerprint density at radius 3 is 2.53 bits per heavy atom. The van der Waals surface area contributed by atoms with Crippen LogP contribution in [0.1, 0.15) is 5.56 Å². The molecule has 0 atom stereocenters. The first-order valence-electron chi connectivity index (χ1n) is 4.60. The topological polar surface area (TPSA) is 57.9 Å². The molecule has 0 aliphatic rings. The van der Waals surface area contributed by atoms with Gasteiger partial charge in [-0.15, -0.1) is 11.8 Å². The summed E-state index contributed by atoms with van der Waals surface area (Å²) in [7, 11) is -3.56. The molecule has 90 valence electrons. The van der Waals surface area contributed by atoms with Gasteiger partial charge in [-0.1, -0.05) is 23.7 Å². The Bertz CT molecular complexity index is 556. The van der Waals surface area contributed by atoms with E-state index in [1.807, 2.05) is 0 Å². The normalized spacial score (nSPS) is 12.2. The average molecular weight is 288 g/mol. The number of sulfone groups is 1. The number of hydrogen-bond donors (Lipinski definition) is 0. The molecule has 0 aliphatic heterocycles. The van der Waals surface area contributed by atoms with Crippen LogP contribution in [0.2, 0.25) is 5.02 Å². The van der Waals surface area contributed by atoms with Crippen molar-refractivity contribution in [2.45, 2.75) is 5.75 Å². The number of nitriles is 1. The molecule has 1 aromatic rings. The maximum absolute atomic E-state index is 11.9. The van der Waals surface area contributed by atoms with Crippen molar-refractivity contribution in [2.75, 3.05) is 6.26 Å². The van der Waals surface area contributed by atoms with Crippen LogP contribution in [0.25, 0.3) is 0 Å². The highest BCUT2D eigenvalue weighted by atomic mass is 35.5. The highest BCUT2D eigenvalue weighted by Gasteiger charge is 2.18. The summed E-state index contributed by atoms with van der Waals surface area (Å²) in [5.41, 5.74) is 0.608. The van der Waals surface area contributed by atoms with Crippen LogP contribution >= 0.6 is 23.4 Å². The van der Waals surface area contributed by atoms with Crippen LogP contribution in [0.3, 0.4) is 0 Å². The summed E-state index contributed by atoms with van der Waals surface area (Å²) in [6.45, 7) is 0. The number of rotatable bonds is 4. The molecule has 0 N–H and O–H groups in total. The number of nitrogens with zero attached hydrogens (tertiary/aromatic N) is 1. The van der Waals surface area contributed by atoms with Gasteiger partial charge in [0.05, 0.1) is 5.75 Å². The second kappa shape index (κ2) is 6.10. The van der Waals surface area contributed by atoms with Crippen molar-refractivity contribution in [3.8, 4) is 6.07 Å². The van der Waals surface area contributed by atoms with Gasteiger partial charge < -0.3 is 0 Å². The van der Waals surface area contributed by atoms with Gasteiger partial charge in [0.25, 0.3) is 0 Å². The Kier molecular flexibility index (Phi) is 5.06. The molecular weight excluding hydrogens is 278 g/mol. The van der Waals surface area contributed by atoms with Crippen LogP contribution in [0, 0.1) is 11.3 Å². The van der Waals surface area contributed by atoms with Gasteiger partial charge in [-0.05, 0) is 24.0 Å². The molecule has 1 aromatic carbocycles. The zero-order valence-electron chi connectivity index (χ0n) is 9.05. The zero-order valence-corrected chi connectivity index (χ0v) is 11.4. The Balaban J connectivity index is 2.98. The minimum absolute atomic E-state index is 0.190. The Morgan fingerprint density at radius 2 is 2.06 bits per heavy atom. The minimum Gasteiger partial charge on any atom is -0.223 e. The molecule has 0 bridgehead atoms. The van der Waals surface area contributed by atoms with Crippen molar-refractivity contribution >= 4 is 33.2 Å². The van der Waals surface area contributed by atoms with Crippen LogP contribution in [0.5, 0.6) is 0 Å². The predicted octanol–water partition coefficient (Wildman–Crippen LogP) is 2.98. The van der Waals surface area contributed by atoms with E-state index in [1.165, 1.54) is 17.2 Å². The van der Waals surface area contributed by atoms with Gasteiger partial charge in [0.2, 0.25) is 0 Å². The fourth-order valence-electron chi connectivity index (χ4n) is 1.15. The van der Waals surface area contributed by atoms with E-state index in [-0.39, 0.29) is 10.7 Å². The fraction of sp³-hybridized carbons (Fsp3) is 0.182. The summed E-state index contributed by atoms with van der Waals surface area (Å²) in [4.78, 5) is -0.208. The molecule has 0 spiro atoms. The Morgan fingerprint density at radius 1 is 1.47 bits per heavy atom. The van der Waals surface area contributed by atoms with E-state index in [1.54, 1.807) is 36.6 Å². The molecule has 0 amide bonds. The third kappa shape index (κ3) is 4.08. The van der Waals surface area contributed by atoms with Gasteiger partial charge in [-0.3, -0.25) is 0 Å². The smallest absolute Gasteiger partial charge is 0.193 e. The lowest BCUT2D eigenvalue weighted by atomic mass is 10.2. The van der Waals surface area contributed by atoms with Gasteiger partial charge in [0.15, 0.2) is 14.7 Å². The molecule has 0 aliphatic carbocycles. The molecule has 0 fully saturated rings. The average Bonchev–Trinajstić information content (AvgIpc) is 2.28. The molecule has 0 unspecified atom stereocenters. The van der Waals surface area contributed by atoms with Gasteiger partial charge >= 0.3 is 0 Å². The lowest BCUT2D eigenvalue weighted by Crippen LogP contribution is -2.06. The van der Waals surface area contributed by atoms with E-state index in [0.717, 1.165) is 0 Å². The lowest BCUT2D eigenvalue weighted by molar-refractivity contribution is 0.602. The molecule has 0 saturated heterocycles. The highest BCUT2D eigenvalue weighted by molar-refractivity contribution is 8.03. The molecule has 17 heavy (non-hydrogen) atoms. The summed E-state index contributed by atoms with van der Waals surface area (Å²) in [5.74, 6) is -0.190. The first-order chi connectivity index (χ1) is 7.99. The summed E-state index contributed by atoms with van der Waals surface area (Å²) in [6, 6.07) is 8.21. The van der Waals surface area contributed by atoms with Gasteiger partial charge in [-0.2, -0.15) is 5.26 Å². The standard InChI is InChI=1S/C11H10ClNO2S2/c1-16-7-11(6-13)17(14,15)8-9-2-4-10(12)5-3-9/h2-5,7H,8H2,1H3/b11-7+. The number of hydrogen-bond acceptors (Lipinski definition) is 4. The number of benzene rings is 1. The highest BCUT2D eigenvalue weighted by Crippen LogP contribution is 2.18. The largest absolute Gasteiger partial charge is 0.223 e. The number of thioether (sulfide) groups is 1. The van der Waals surface area contributed by atoms with Crippen molar-refractivity contribution in [2.24, 2.45) is 0 Å². The summed E-state index contributed by atoms with van der Waals surface area (Å²) < 4.78 is 23.7. The number of allylic oxidation sites excluding steroid dienone is 1. The van der Waals surface area contributed by atoms with Crippen LogP contribution in [0.15, 0.2) is 34.6 Å². The molecule has 3 nitrogen and oxygen atoms in total. The molecule has 0 saturated carbocycles. The summed E-state index contributed by atoms with van der Waals surface area (Å²) in [6.07, 6.45) is 1.70. The third-order valence-corrected chi connectivity index (χ3v) is 4.41. The van der Waals surface area contributed by atoms with Crippen molar-refractivity contribution in [1.29, 1.82) is 5.26 Å². The van der Waals surface area contributed by atoms with Crippen LogP contribution in [0.4, 0.5) is 0 Å². The first-order valence-corrected chi connectivity index (χ1v) is 7.91. The monoisotopic (exact) mass is 287 g/mol. The molecular formula is C11H10ClNO2S2. The Labute approximate surface area is 110 Å². The SMILES string of the molecule is CS/C=C(\C#N)S(=O)(=O)Cc1ccc(Cl)cc1. The molecule has 0 heterocycles. The van der Waals surface area contributed by atoms with Crippen molar-refractivity contribution in [1.82, 2.24) is 0 Å². The van der Waals surface area contributed by atoms with Gasteiger partial charge in [0.1, 0.15) is 6.07 Å². The third-order valence-electron chi connectivity index (χ3n) is 1.94. The second-order valence-electron chi connectivity index (χ2n) is 3.22. The first kappa shape index (κ1) is 14.1. The van der Waals surface area contributed by atoms with Crippen LogP contribution < -0.4 is 0 Å². The summed E-state index contributed by atoms with van der Waals surface area (Å²) >= 11 is 6.90. The van der Waals surface area contributed by atoms with E-state index in [0.29, 0.717) is 10.6 Å². The maximum atomic E-state index is 11.9. The van der Waals surface area contributed by atoms with E-state index in [4.69, 9.17) is 16.9 Å². The fourth-order valence-corrected chi connectivity index (χ4v) is 3.35. The quantitative estimate of drug-likeness (QED) is 0.799. The van der Waals surface area contributed by atoms with E-state index >= 15 is 0 Å². The number of halogens is 1. The van der Waals surface area contributed by atoms with Crippen molar-refractivity contribution < 1.29 is 8.42 Å². The second-order valence-corrected chi connectivity index (χ2v) is 6.32. The molecule has 1 rings (SSSR count). The van der Waals surface area contributed by atoms with E-state index in [9.17, 15) is 8.42 Å². The summed E-state index contributed by atoms with van der Waals surface area (Å²) in [5, 5.41) is 10.7. The predicted molar refractivity (Wildman–Crippen MR) is 71.3 cm³/mol. The lowest BCUT2D eigenvalue weighted by Gasteiger charge is -2.02. The maximum Gasteiger partial charge on any atom is 0.193 e. The van der Waals surface area contributed by atoms with Crippen LogP contribution in [-0.4, -0.2) is 14.7 Å². The van der Waals surface area contributed by atoms with Crippen LogP contribution in [-0.2, 0) is 15.6 Å². The van der Waals surface area contributed by atoms with E-state index in [2.05, 4.69) is 0 Å². The minimum atomic E-state index is -3.56. The Hall–Kier alpha value is -0.960. The van der Waals surface area contributed by atoms with Gasteiger partial charge in [0, 0.05) is 10.4 Å². The molecule has 6 heteroatoms. The van der Waals surface area contributed by atoms with Crippen molar-refractivity contribution in [3.63, 3.8) is 0 Å².